The highest BCUT2D eigenvalue weighted by molar-refractivity contribution is 5.84. The van der Waals surface area contributed by atoms with Gasteiger partial charge in [-0.15, -0.1) is 0 Å². The van der Waals surface area contributed by atoms with Crippen molar-refractivity contribution in [2.24, 2.45) is 5.10 Å². The lowest BCUT2D eigenvalue weighted by Gasteiger charge is -2.11. The minimum Gasteiger partial charge on any atom is -0.493 e. The van der Waals surface area contributed by atoms with Gasteiger partial charge in [0.15, 0.2) is 11.5 Å². The molecule has 0 aliphatic carbocycles. The van der Waals surface area contributed by atoms with E-state index in [1.54, 1.807) is 21.1 Å². The van der Waals surface area contributed by atoms with Crippen molar-refractivity contribution in [2.45, 2.75) is 19.9 Å². The van der Waals surface area contributed by atoms with Gasteiger partial charge in [-0.25, -0.2) is 15.1 Å². The van der Waals surface area contributed by atoms with Gasteiger partial charge in [0.25, 0.3) is 11.5 Å². The second-order valence-corrected chi connectivity index (χ2v) is 8.89. The summed E-state index contributed by atoms with van der Waals surface area (Å²) in [6, 6.07) is 22.6. The first kappa shape index (κ1) is 25.5. The first-order valence-corrected chi connectivity index (χ1v) is 12.3. The van der Waals surface area contributed by atoms with Crippen molar-refractivity contribution in [1.29, 1.82) is 0 Å². The third kappa shape index (κ3) is 5.30. The quantitative estimate of drug-likeness (QED) is 0.226. The third-order valence-electron chi connectivity index (χ3n) is 6.36. The Morgan fingerprint density at radius 1 is 1.03 bits per heavy atom. The predicted molar refractivity (Wildman–Crippen MR) is 149 cm³/mol. The summed E-state index contributed by atoms with van der Waals surface area (Å²) in [6.45, 7) is 1.78. The van der Waals surface area contributed by atoms with Crippen molar-refractivity contribution in [3.63, 3.8) is 0 Å². The standard InChI is InChI=1S/C29H28N6O4/c1-19-22(29(37)35(33-19)21-9-5-4-6-10-21)17-30-32-28(36)18-34-24-12-8-7-11-23(24)31-27(34)16-20-13-14-25(38-2)26(15-20)39-3/h4-15,17,33H,16,18H2,1-3H3,(H,32,36). The zero-order valence-corrected chi connectivity index (χ0v) is 21.8. The Morgan fingerprint density at radius 3 is 2.54 bits per heavy atom. The van der Waals surface area contributed by atoms with Crippen LogP contribution in [0, 0.1) is 6.92 Å². The van der Waals surface area contributed by atoms with Crippen molar-refractivity contribution in [3.8, 4) is 17.2 Å². The molecule has 5 rings (SSSR count). The SMILES string of the molecule is COc1ccc(Cc2nc3ccccc3n2CC(=O)NN=Cc2c(C)[nH]n(-c3ccccc3)c2=O)cc1OC. The molecule has 10 heteroatoms. The lowest BCUT2D eigenvalue weighted by atomic mass is 10.1. The number of carbonyl (C=O) groups excluding carboxylic acids is 1. The molecule has 0 fully saturated rings. The van der Waals surface area contributed by atoms with E-state index in [0.717, 1.165) is 22.4 Å². The first-order chi connectivity index (χ1) is 19.0. The van der Waals surface area contributed by atoms with Gasteiger partial charge in [-0.1, -0.05) is 36.4 Å². The third-order valence-corrected chi connectivity index (χ3v) is 6.36. The number of aromatic nitrogens is 4. The minimum absolute atomic E-state index is 0.000836. The van der Waals surface area contributed by atoms with Crippen LogP contribution in [-0.4, -0.2) is 45.7 Å². The lowest BCUT2D eigenvalue weighted by molar-refractivity contribution is -0.121. The van der Waals surface area contributed by atoms with Crippen LogP contribution < -0.4 is 20.5 Å². The second kappa shape index (κ2) is 11.1. The summed E-state index contributed by atoms with van der Waals surface area (Å²) >= 11 is 0. The maximum absolute atomic E-state index is 12.9. The van der Waals surface area contributed by atoms with Gasteiger partial charge in [0.05, 0.1) is 42.7 Å². The molecule has 0 aliphatic heterocycles. The molecule has 5 aromatic rings. The fourth-order valence-electron chi connectivity index (χ4n) is 4.43. The number of hydrazone groups is 1. The molecule has 0 spiro atoms. The van der Waals surface area contributed by atoms with Gasteiger partial charge in [0, 0.05) is 12.1 Å². The summed E-state index contributed by atoms with van der Waals surface area (Å²) < 4.78 is 14.1. The summed E-state index contributed by atoms with van der Waals surface area (Å²) in [5.74, 6) is 1.63. The molecule has 0 aliphatic rings. The fraction of sp³-hybridized carbons (Fsp3) is 0.172. The van der Waals surface area contributed by atoms with E-state index in [9.17, 15) is 9.59 Å². The van der Waals surface area contributed by atoms with Crippen LogP contribution in [0.3, 0.4) is 0 Å². The number of hydrogen-bond acceptors (Lipinski definition) is 6. The maximum atomic E-state index is 12.9. The van der Waals surface area contributed by atoms with E-state index in [-0.39, 0.29) is 18.0 Å². The topological polar surface area (TPSA) is 116 Å². The Hall–Kier alpha value is -5.12. The zero-order valence-electron chi connectivity index (χ0n) is 21.8. The molecule has 0 saturated heterocycles. The van der Waals surface area contributed by atoms with Crippen LogP contribution in [0.5, 0.6) is 11.5 Å². The normalized spacial score (nSPS) is 11.3. The van der Waals surface area contributed by atoms with Gasteiger partial charge >= 0.3 is 0 Å². The fourth-order valence-corrected chi connectivity index (χ4v) is 4.43. The molecule has 198 valence electrons. The number of benzene rings is 3. The number of imidazole rings is 1. The summed E-state index contributed by atoms with van der Waals surface area (Å²) in [7, 11) is 3.18. The van der Waals surface area contributed by atoms with Gasteiger partial charge in [-0.3, -0.25) is 14.7 Å². The van der Waals surface area contributed by atoms with Gasteiger partial charge in [-0.05, 0) is 48.9 Å². The highest BCUT2D eigenvalue weighted by atomic mass is 16.5. The molecule has 0 saturated carbocycles. The van der Waals surface area contributed by atoms with Crippen molar-refractivity contribution in [2.75, 3.05) is 14.2 Å². The summed E-state index contributed by atoms with van der Waals surface area (Å²) in [4.78, 5) is 30.6. The number of nitrogens with zero attached hydrogens (tertiary/aromatic N) is 4. The molecule has 0 radical (unpaired) electrons. The summed E-state index contributed by atoms with van der Waals surface area (Å²) in [6.07, 6.45) is 1.84. The van der Waals surface area contributed by atoms with E-state index in [0.29, 0.717) is 34.9 Å². The summed E-state index contributed by atoms with van der Waals surface area (Å²) in [5.41, 5.74) is 6.58. The van der Waals surface area contributed by atoms with Crippen molar-refractivity contribution in [3.05, 3.63) is 106 Å². The predicted octanol–water partition coefficient (Wildman–Crippen LogP) is 3.58. The van der Waals surface area contributed by atoms with Gasteiger partial charge in [0.2, 0.25) is 0 Å². The molecule has 39 heavy (non-hydrogen) atoms. The molecule has 3 aromatic carbocycles. The maximum Gasteiger partial charge on any atom is 0.280 e. The Morgan fingerprint density at radius 2 is 1.77 bits per heavy atom. The summed E-state index contributed by atoms with van der Waals surface area (Å²) in [5, 5.41) is 7.11. The number of aryl methyl sites for hydroxylation is 1. The number of rotatable bonds is 9. The van der Waals surface area contributed by atoms with Crippen molar-refractivity contribution in [1.82, 2.24) is 24.8 Å². The van der Waals surface area contributed by atoms with E-state index in [1.807, 2.05) is 77.4 Å². The van der Waals surface area contributed by atoms with Crippen LogP contribution in [0.25, 0.3) is 16.7 Å². The van der Waals surface area contributed by atoms with E-state index in [4.69, 9.17) is 14.5 Å². The lowest BCUT2D eigenvalue weighted by Crippen LogP contribution is -2.25. The molecular formula is C29H28N6O4. The van der Waals surface area contributed by atoms with Crippen molar-refractivity contribution < 1.29 is 14.3 Å². The van der Waals surface area contributed by atoms with Gasteiger partial charge in [0.1, 0.15) is 12.4 Å². The average Bonchev–Trinajstić information content (AvgIpc) is 3.44. The number of aromatic amines is 1. The number of fused-ring (bicyclic) bond motifs is 1. The molecule has 2 N–H and O–H groups in total. The number of nitrogens with one attached hydrogen (secondary N) is 2. The van der Waals surface area contributed by atoms with Gasteiger partial charge < -0.3 is 14.0 Å². The number of amides is 1. The smallest absolute Gasteiger partial charge is 0.280 e. The highest BCUT2D eigenvalue weighted by Crippen LogP contribution is 2.29. The van der Waals surface area contributed by atoms with Crippen LogP contribution in [0.1, 0.15) is 22.6 Å². The van der Waals surface area contributed by atoms with E-state index in [1.165, 1.54) is 10.9 Å². The monoisotopic (exact) mass is 524 g/mol. The van der Waals surface area contributed by atoms with Crippen LogP contribution in [0.4, 0.5) is 0 Å². The van der Waals surface area contributed by atoms with Crippen molar-refractivity contribution >= 4 is 23.2 Å². The largest absolute Gasteiger partial charge is 0.493 e. The number of para-hydroxylation sites is 3. The van der Waals surface area contributed by atoms with Gasteiger partial charge in [-0.2, -0.15) is 5.10 Å². The minimum atomic E-state index is -0.348. The number of carbonyl (C=O) groups is 1. The molecule has 10 nitrogen and oxygen atoms in total. The molecule has 0 atom stereocenters. The zero-order chi connectivity index (χ0) is 27.4. The number of H-pyrrole nitrogens is 1. The number of hydrogen-bond donors (Lipinski definition) is 2. The Balaban J connectivity index is 1.35. The van der Waals surface area contributed by atoms with E-state index >= 15 is 0 Å². The molecule has 2 aromatic heterocycles. The second-order valence-electron chi connectivity index (χ2n) is 8.89. The molecule has 1 amide bonds. The Labute approximate surface area is 224 Å². The average molecular weight is 525 g/mol. The van der Waals surface area contributed by atoms with Crippen LogP contribution in [0.2, 0.25) is 0 Å². The number of methoxy groups -OCH3 is 2. The highest BCUT2D eigenvalue weighted by Gasteiger charge is 2.16. The van der Waals surface area contributed by atoms with Crippen LogP contribution in [-0.2, 0) is 17.8 Å². The number of ether oxygens (including phenoxy) is 2. The van der Waals surface area contributed by atoms with E-state index in [2.05, 4.69) is 15.6 Å². The van der Waals surface area contributed by atoms with Crippen LogP contribution >= 0.6 is 0 Å². The Kier molecular flexibility index (Phi) is 7.26. The first-order valence-electron chi connectivity index (χ1n) is 12.3. The van der Waals surface area contributed by atoms with Crippen LogP contribution in [0.15, 0.2) is 82.7 Å². The molecular weight excluding hydrogens is 496 g/mol. The molecule has 0 unspecified atom stereocenters. The Bertz CT molecular complexity index is 1720. The van der Waals surface area contributed by atoms with E-state index < -0.39 is 0 Å². The molecule has 2 heterocycles. The molecule has 0 bridgehead atoms.